The maximum Gasteiger partial charge on any atom is 0.156 e. The SMILES string of the molecule is CCCOc1ccc(C2CS(=O)(=O)C(C)CN2)cc1. The van der Waals surface area contributed by atoms with Crippen LogP contribution >= 0.6 is 0 Å². The molecule has 0 bridgehead atoms. The van der Waals surface area contributed by atoms with Crippen LogP contribution in [0.3, 0.4) is 0 Å². The zero-order valence-corrected chi connectivity index (χ0v) is 12.2. The second-order valence-corrected chi connectivity index (χ2v) is 7.48. The van der Waals surface area contributed by atoms with E-state index in [1.807, 2.05) is 24.3 Å². The average molecular weight is 283 g/mol. The molecule has 0 spiro atoms. The summed E-state index contributed by atoms with van der Waals surface area (Å²) in [5.74, 6) is 1.00. The molecule has 106 valence electrons. The minimum atomic E-state index is -2.98. The second-order valence-electron chi connectivity index (χ2n) is 5.02. The Balaban J connectivity index is 2.06. The fourth-order valence-corrected chi connectivity index (χ4v) is 3.57. The van der Waals surface area contributed by atoms with E-state index in [4.69, 9.17) is 4.74 Å². The third kappa shape index (κ3) is 3.48. The first-order chi connectivity index (χ1) is 9.03. The molecule has 1 fully saturated rings. The van der Waals surface area contributed by atoms with E-state index in [0.717, 1.165) is 17.7 Å². The highest BCUT2D eigenvalue weighted by atomic mass is 32.2. The third-order valence-corrected chi connectivity index (χ3v) is 5.61. The number of ether oxygens (including phenoxy) is 1. The lowest BCUT2D eigenvalue weighted by molar-refractivity contribution is 0.317. The highest BCUT2D eigenvalue weighted by Gasteiger charge is 2.31. The van der Waals surface area contributed by atoms with Crippen LogP contribution in [0.4, 0.5) is 0 Å². The third-order valence-electron chi connectivity index (χ3n) is 3.42. The van der Waals surface area contributed by atoms with E-state index in [9.17, 15) is 8.42 Å². The minimum absolute atomic E-state index is 0.110. The molecule has 1 heterocycles. The first-order valence-electron chi connectivity index (χ1n) is 6.70. The Morgan fingerprint density at radius 2 is 2.00 bits per heavy atom. The fourth-order valence-electron chi connectivity index (χ4n) is 2.12. The Labute approximate surface area is 115 Å². The van der Waals surface area contributed by atoms with Gasteiger partial charge < -0.3 is 10.1 Å². The van der Waals surface area contributed by atoms with Crippen LogP contribution in [0.1, 0.15) is 31.9 Å². The van der Waals surface area contributed by atoms with E-state index in [-0.39, 0.29) is 17.0 Å². The lowest BCUT2D eigenvalue weighted by atomic mass is 10.1. The summed E-state index contributed by atoms with van der Waals surface area (Å²) < 4.78 is 29.3. The van der Waals surface area contributed by atoms with Crippen molar-refractivity contribution in [2.24, 2.45) is 0 Å². The van der Waals surface area contributed by atoms with E-state index in [2.05, 4.69) is 12.2 Å². The van der Waals surface area contributed by atoms with Crippen LogP contribution < -0.4 is 10.1 Å². The molecule has 2 unspecified atom stereocenters. The first-order valence-corrected chi connectivity index (χ1v) is 8.42. The van der Waals surface area contributed by atoms with Gasteiger partial charge >= 0.3 is 0 Å². The van der Waals surface area contributed by atoms with Crippen molar-refractivity contribution < 1.29 is 13.2 Å². The average Bonchev–Trinajstić information content (AvgIpc) is 2.40. The Hall–Kier alpha value is -1.07. The smallest absolute Gasteiger partial charge is 0.156 e. The summed E-state index contributed by atoms with van der Waals surface area (Å²) in [5.41, 5.74) is 0.999. The van der Waals surface area contributed by atoms with Crippen LogP contribution in [0.2, 0.25) is 0 Å². The molecule has 2 rings (SSSR count). The summed E-state index contributed by atoms with van der Waals surface area (Å²) in [4.78, 5) is 0. The van der Waals surface area contributed by atoms with Gasteiger partial charge in [0.2, 0.25) is 0 Å². The molecule has 0 radical (unpaired) electrons. The van der Waals surface area contributed by atoms with Gasteiger partial charge in [-0.2, -0.15) is 0 Å². The second kappa shape index (κ2) is 5.92. The van der Waals surface area contributed by atoms with Crippen molar-refractivity contribution in [2.75, 3.05) is 18.9 Å². The number of nitrogens with one attached hydrogen (secondary N) is 1. The van der Waals surface area contributed by atoms with Gasteiger partial charge in [-0.25, -0.2) is 8.42 Å². The fraction of sp³-hybridized carbons (Fsp3) is 0.571. The highest BCUT2D eigenvalue weighted by molar-refractivity contribution is 7.92. The van der Waals surface area contributed by atoms with Crippen LogP contribution in [0, 0.1) is 0 Å². The molecule has 1 aliphatic heterocycles. The van der Waals surface area contributed by atoms with Crippen molar-refractivity contribution in [1.82, 2.24) is 5.32 Å². The molecule has 0 amide bonds. The molecule has 4 nitrogen and oxygen atoms in total. The molecule has 1 N–H and O–H groups in total. The van der Waals surface area contributed by atoms with Gasteiger partial charge in [-0.15, -0.1) is 0 Å². The Bertz CT molecular complexity index is 510. The maximum absolute atomic E-state index is 11.9. The normalized spacial score (nSPS) is 26.0. The Kier molecular flexibility index (Phi) is 4.47. The van der Waals surface area contributed by atoms with Crippen molar-refractivity contribution in [2.45, 2.75) is 31.6 Å². The molecular formula is C14H21NO3S. The molecule has 1 aromatic carbocycles. The molecule has 19 heavy (non-hydrogen) atoms. The van der Waals surface area contributed by atoms with Crippen molar-refractivity contribution in [1.29, 1.82) is 0 Å². The monoisotopic (exact) mass is 283 g/mol. The summed E-state index contributed by atoms with van der Waals surface area (Å²) in [7, 11) is -2.98. The molecule has 2 atom stereocenters. The Morgan fingerprint density at radius 1 is 1.32 bits per heavy atom. The number of hydrogen-bond donors (Lipinski definition) is 1. The van der Waals surface area contributed by atoms with Crippen LogP contribution in [0.15, 0.2) is 24.3 Å². The van der Waals surface area contributed by atoms with Crippen molar-refractivity contribution >= 4 is 9.84 Å². The predicted molar refractivity (Wildman–Crippen MR) is 76.2 cm³/mol. The number of benzene rings is 1. The van der Waals surface area contributed by atoms with Crippen LogP contribution in [0.5, 0.6) is 5.75 Å². The van der Waals surface area contributed by atoms with Gasteiger partial charge in [0.05, 0.1) is 17.6 Å². The summed E-state index contributed by atoms with van der Waals surface area (Å²) >= 11 is 0. The lowest BCUT2D eigenvalue weighted by Crippen LogP contribution is -2.44. The molecule has 5 heteroatoms. The lowest BCUT2D eigenvalue weighted by Gasteiger charge is -2.28. The van der Waals surface area contributed by atoms with Gasteiger partial charge in [-0.05, 0) is 31.0 Å². The number of rotatable bonds is 4. The van der Waals surface area contributed by atoms with Gasteiger partial charge in [0.25, 0.3) is 0 Å². The molecule has 1 aromatic rings. The van der Waals surface area contributed by atoms with Gasteiger partial charge in [0, 0.05) is 12.6 Å². The van der Waals surface area contributed by atoms with E-state index >= 15 is 0 Å². The maximum atomic E-state index is 11.9. The molecule has 1 saturated heterocycles. The van der Waals surface area contributed by atoms with Gasteiger partial charge in [0.1, 0.15) is 5.75 Å². The number of hydrogen-bond acceptors (Lipinski definition) is 4. The summed E-state index contributed by atoms with van der Waals surface area (Å²) in [6, 6.07) is 7.57. The molecular weight excluding hydrogens is 262 g/mol. The topological polar surface area (TPSA) is 55.4 Å². The van der Waals surface area contributed by atoms with E-state index in [0.29, 0.717) is 13.2 Å². The predicted octanol–water partition coefficient (Wildman–Crippen LogP) is 1.92. The van der Waals surface area contributed by atoms with Crippen molar-refractivity contribution in [3.05, 3.63) is 29.8 Å². The van der Waals surface area contributed by atoms with Gasteiger partial charge in [0.15, 0.2) is 9.84 Å². The van der Waals surface area contributed by atoms with Gasteiger partial charge in [-0.1, -0.05) is 19.1 Å². The van der Waals surface area contributed by atoms with E-state index in [1.54, 1.807) is 6.92 Å². The van der Waals surface area contributed by atoms with Crippen molar-refractivity contribution in [3.8, 4) is 5.75 Å². The van der Waals surface area contributed by atoms with Crippen LogP contribution in [-0.4, -0.2) is 32.6 Å². The van der Waals surface area contributed by atoms with E-state index < -0.39 is 9.84 Å². The molecule has 0 aromatic heterocycles. The van der Waals surface area contributed by atoms with Gasteiger partial charge in [-0.3, -0.25) is 0 Å². The highest BCUT2D eigenvalue weighted by Crippen LogP contribution is 2.23. The largest absolute Gasteiger partial charge is 0.494 e. The summed E-state index contributed by atoms with van der Waals surface area (Å²) in [5, 5.41) is 2.99. The summed E-state index contributed by atoms with van der Waals surface area (Å²) in [6.45, 7) is 5.03. The quantitative estimate of drug-likeness (QED) is 0.917. The zero-order chi connectivity index (χ0) is 13.9. The summed E-state index contributed by atoms with van der Waals surface area (Å²) in [6.07, 6.45) is 0.974. The zero-order valence-electron chi connectivity index (χ0n) is 11.4. The minimum Gasteiger partial charge on any atom is -0.494 e. The number of sulfone groups is 1. The van der Waals surface area contributed by atoms with Crippen LogP contribution in [0.25, 0.3) is 0 Å². The Morgan fingerprint density at radius 3 is 2.58 bits per heavy atom. The molecule has 1 aliphatic rings. The molecule has 0 saturated carbocycles. The standard InChI is InChI=1S/C14H21NO3S/c1-3-8-18-13-6-4-12(5-7-13)14-10-19(16,17)11(2)9-15-14/h4-7,11,14-15H,3,8-10H2,1-2H3. The first kappa shape index (κ1) is 14.3. The van der Waals surface area contributed by atoms with Crippen LogP contribution in [-0.2, 0) is 9.84 Å². The van der Waals surface area contributed by atoms with Crippen molar-refractivity contribution in [3.63, 3.8) is 0 Å². The van der Waals surface area contributed by atoms with E-state index in [1.165, 1.54) is 0 Å². The molecule has 0 aliphatic carbocycles.